The van der Waals surface area contributed by atoms with Gasteiger partial charge in [-0.15, -0.1) is 0 Å². The quantitative estimate of drug-likeness (QED) is 0.0454. The molecule has 266 valence electrons. The summed E-state index contributed by atoms with van der Waals surface area (Å²) >= 11 is 6.86. The van der Waals surface area contributed by atoms with Gasteiger partial charge in [-0.05, 0) is 53.9 Å². The fraction of sp³-hybridized carbons (Fsp3) is 0.590. The van der Waals surface area contributed by atoms with Crippen molar-refractivity contribution in [1.29, 1.82) is 0 Å². The number of hydrogen-bond donors (Lipinski definition) is 3. The highest BCUT2D eigenvalue weighted by atomic mass is 35.5. The first kappa shape index (κ1) is 40.9. The number of nitrogens with one attached hydrogen (secondary N) is 3. The molecule has 3 N–H and O–H groups in total. The van der Waals surface area contributed by atoms with Crippen LogP contribution in [-0.4, -0.2) is 41.7 Å². The summed E-state index contributed by atoms with van der Waals surface area (Å²) < 4.78 is 6.66. The van der Waals surface area contributed by atoms with Gasteiger partial charge in [0.15, 0.2) is 5.78 Å². The van der Waals surface area contributed by atoms with E-state index in [1.807, 2.05) is 6.07 Å². The molecule has 0 saturated carbocycles. The van der Waals surface area contributed by atoms with Crippen molar-refractivity contribution in [2.24, 2.45) is 10.8 Å². The molecule has 0 bridgehead atoms. The van der Waals surface area contributed by atoms with Gasteiger partial charge >= 0.3 is 0 Å². The molecule has 2 amide bonds. The van der Waals surface area contributed by atoms with Crippen LogP contribution in [0.5, 0.6) is 5.75 Å². The SMILES string of the molecule is CCCC(NCC(C)(C)C(=O)C(Cl)(NC(=O)CC(C)(C)C=O)C(=O)Nc1ccccc1)Oc1ccc(C(C)(C)CC)cc1C(C)(C)CC. The van der Waals surface area contributed by atoms with Gasteiger partial charge in [-0.1, -0.05) is 125 Å². The number of anilines is 1. The van der Waals surface area contributed by atoms with Gasteiger partial charge in [-0.25, -0.2) is 0 Å². The second-order valence-corrected chi connectivity index (χ2v) is 16.1. The van der Waals surface area contributed by atoms with E-state index in [0.29, 0.717) is 18.4 Å². The van der Waals surface area contributed by atoms with Crippen LogP contribution < -0.4 is 20.7 Å². The number of ketones is 1. The Bertz CT molecular complexity index is 1420. The summed E-state index contributed by atoms with van der Waals surface area (Å²) in [6.45, 7) is 22.0. The van der Waals surface area contributed by atoms with Crippen LogP contribution in [0.25, 0.3) is 0 Å². The molecule has 48 heavy (non-hydrogen) atoms. The number of rotatable bonds is 19. The summed E-state index contributed by atoms with van der Waals surface area (Å²) in [7, 11) is 0. The van der Waals surface area contributed by atoms with E-state index in [0.717, 1.165) is 30.6 Å². The van der Waals surface area contributed by atoms with E-state index in [-0.39, 0.29) is 23.8 Å². The maximum absolute atomic E-state index is 14.2. The number of carbonyl (C=O) groups is 4. The molecular weight excluding hydrogens is 626 g/mol. The molecule has 0 radical (unpaired) electrons. The predicted molar refractivity (Wildman–Crippen MR) is 195 cm³/mol. The second-order valence-electron chi connectivity index (χ2n) is 15.5. The molecule has 0 spiro atoms. The lowest BCUT2D eigenvalue weighted by molar-refractivity contribution is -0.141. The Labute approximate surface area is 293 Å². The number of para-hydroxylation sites is 1. The van der Waals surface area contributed by atoms with Gasteiger partial charge in [0.2, 0.25) is 5.91 Å². The van der Waals surface area contributed by atoms with Crippen molar-refractivity contribution < 1.29 is 23.9 Å². The molecule has 2 rings (SSSR count). The number of halogens is 1. The number of carbonyl (C=O) groups excluding carboxylic acids is 4. The van der Waals surface area contributed by atoms with Gasteiger partial charge in [0, 0.05) is 35.0 Å². The maximum Gasteiger partial charge on any atom is 0.273 e. The van der Waals surface area contributed by atoms with Crippen LogP contribution in [0.15, 0.2) is 48.5 Å². The topological polar surface area (TPSA) is 114 Å². The molecule has 0 saturated heterocycles. The van der Waals surface area contributed by atoms with Crippen LogP contribution in [-0.2, 0) is 30.0 Å². The fourth-order valence-electron chi connectivity index (χ4n) is 5.16. The minimum absolute atomic E-state index is 0.0157. The van der Waals surface area contributed by atoms with Gasteiger partial charge in [0.05, 0.1) is 0 Å². The number of ether oxygens (including phenoxy) is 1. The monoisotopic (exact) mass is 683 g/mol. The summed E-state index contributed by atoms with van der Waals surface area (Å²) in [6.07, 6.45) is 3.37. The van der Waals surface area contributed by atoms with E-state index >= 15 is 0 Å². The highest BCUT2D eigenvalue weighted by Crippen LogP contribution is 2.39. The van der Waals surface area contributed by atoms with E-state index in [9.17, 15) is 19.2 Å². The summed E-state index contributed by atoms with van der Waals surface area (Å²) in [6, 6.07) is 15.0. The van der Waals surface area contributed by atoms with Gasteiger partial charge in [-0.3, -0.25) is 19.7 Å². The Hall–Kier alpha value is -3.23. The van der Waals surface area contributed by atoms with Crippen LogP contribution in [0.3, 0.4) is 0 Å². The molecular formula is C39H58ClN3O5. The first-order chi connectivity index (χ1) is 22.2. The smallest absolute Gasteiger partial charge is 0.273 e. The van der Waals surface area contributed by atoms with E-state index in [1.54, 1.807) is 58.0 Å². The highest BCUT2D eigenvalue weighted by Gasteiger charge is 2.52. The lowest BCUT2D eigenvalue weighted by atomic mass is 9.76. The van der Waals surface area contributed by atoms with Crippen molar-refractivity contribution in [1.82, 2.24) is 10.6 Å². The molecule has 0 heterocycles. The maximum atomic E-state index is 14.2. The van der Waals surface area contributed by atoms with Crippen molar-refractivity contribution in [2.75, 3.05) is 11.9 Å². The van der Waals surface area contributed by atoms with Crippen LogP contribution >= 0.6 is 11.6 Å². The molecule has 2 unspecified atom stereocenters. The van der Waals surface area contributed by atoms with Crippen LogP contribution in [0.2, 0.25) is 0 Å². The minimum Gasteiger partial charge on any atom is -0.475 e. The number of hydrogen-bond acceptors (Lipinski definition) is 6. The third-order valence-electron chi connectivity index (χ3n) is 9.37. The number of Topliss-reactive ketones (excluding diaryl/α,β-unsaturated/α-hetero) is 1. The van der Waals surface area contributed by atoms with Crippen molar-refractivity contribution in [3.8, 4) is 5.75 Å². The van der Waals surface area contributed by atoms with Crippen LogP contribution in [0.4, 0.5) is 5.69 Å². The largest absolute Gasteiger partial charge is 0.475 e. The predicted octanol–water partition coefficient (Wildman–Crippen LogP) is 8.06. The standard InChI is InChI=1S/C39H58ClN3O5/c1-12-18-32(48-30-22-21-27(36(6,7)13-2)23-29(30)37(8,9)14-3)41-25-38(10,11)33(46)39(40,43-31(45)24-35(4,5)26-44)34(47)42-28-19-16-15-17-20-28/h15-17,19-23,26,32,41H,12-14,18,24-25H2,1-11H3,(H,42,47)(H,43,45). The van der Waals surface area contributed by atoms with Gasteiger partial charge in [0.1, 0.15) is 18.3 Å². The van der Waals surface area contributed by atoms with Crippen LogP contribution in [0.1, 0.15) is 119 Å². The van der Waals surface area contributed by atoms with Gasteiger partial charge in [0.25, 0.3) is 10.9 Å². The second kappa shape index (κ2) is 16.4. The summed E-state index contributed by atoms with van der Waals surface area (Å²) in [5.74, 6) is -1.51. The third-order valence-corrected chi connectivity index (χ3v) is 9.81. The average Bonchev–Trinajstić information content (AvgIpc) is 3.03. The Morgan fingerprint density at radius 3 is 2.02 bits per heavy atom. The molecule has 0 aliphatic rings. The van der Waals surface area contributed by atoms with Crippen LogP contribution in [0, 0.1) is 10.8 Å². The van der Waals surface area contributed by atoms with E-state index in [1.165, 1.54) is 5.56 Å². The van der Waals surface area contributed by atoms with E-state index < -0.39 is 39.7 Å². The first-order valence-corrected chi connectivity index (χ1v) is 17.5. The number of aldehydes is 1. The summed E-state index contributed by atoms with van der Waals surface area (Å²) in [5, 5.41) is 8.53. The lowest BCUT2D eigenvalue weighted by Crippen LogP contribution is -2.63. The highest BCUT2D eigenvalue weighted by molar-refractivity contribution is 6.49. The zero-order valence-electron chi connectivity index (χ0n) is 30.9. The van der Waals surface area contributed by atoms with Crippen molar-refractivity contribution in [2.45, 2.75) is 130 Å². The van der Waals surface area contributed by atoms with E-state index in [4.69, 9.17) is 16.3 Å². The Balaban J connectivity index is 2.41. The number of amides is 2. The van der Waals surface area contributed by atoms with Gasteiger partial charge < -0.3 is 20.2 Å². The number of benzene rings is 2. The Morgan fingerprint density at radius 1 is 0.875 bits per heavy atom. The van der Waals surface area contributed by atoms with E-state index in [2.05, 4.69) is 76.5 Å². The molecule has 0 aliphatic carbocycles. The molecule has 8 nitrogen and oxygen atoms in total. The van der Waals surface area contributed by atoms with Crippen molar-refractivity contribution >= 4 is 41.2 Å². The molecule has 0 fully saturated rings. The average molecular weight is 684 g/mol. The first-order valence-electron chi connectivity index (χ1n) is 17.1. The number of alkyl halides is 1. The van der Waals surface area contributed by atoms with Crippen molar-refractivity contribution in [3.05, 3.63) is 59.7 Å². The zero-order chi connectivity index (χ0) is 36.6. The molecule has 2 aromatic carbocycles. The van der Waals surface area contributed by atoms with Crippen molar-refractivity contribution in [3.63, 3.8) is 0 Å². The molecule has 2 atom stereocenters. The minimum atomic E-state index is -2.45. The summed E-state index contributed by atoms with van der Waals surface area (Å²) in [4.78, 5) is 50.1. The molecule has 2 aromatic rings. The van der Waals surface area contributed by atoms with Gasteiger partial charge in [-0.2, -0.15) is 0 Å². The third kappa shape index (κ3) is 10.6. The molecule has 9 heteroatoms. The Kier molecular flexibility index (Phi) is 14.0. The fourth-order valence-corrected chi connectivity index (χ4v) is 5.57. The molecule has 0 aliphatic heterocycles. The molecule has 0 aromatic heterocycles. The lowest BCUT2D eigenvalue weighted by Gasteiger charge is -2.36. The Morgan fingerprint density at radius 2 is 1.48 bits per heavy atom. The zero-order valence-corrected chi connectivity index (χ0v) is 31.7. The summed E-state index contributed by atoms with van der Waals surface area (Å²) in [5.41, 5.74) is 0.419. The normalized spacial score (nSPS) is 14.4.